The summed E-state index contributed by atoms with van der Waals surface area (Å²) >= 11 is 0. The van der Waals surface area contributed by atoms with Crippen molar-refractivity contribution in [2.24, 2.45) is 4.99 Å². The van der Waals surface area contributed by atoms with Crippen LogP contribution in [0.4, 0.5) is 5.69 Å². The lowest BCUT2D eigenvalue weighted by molar-refractivity contribution is 0.0698. The zero-order valence-electron chi connectivity index (χ0n) is 18.9. The first kappa shape index (κ1) is 26.2. The van der Waals surface area contributed by atoms with E-state index in [1.807, 2.05) is 38.1 Å². The number of benzene rings is 1. The Bertz CT molecular complexity index is 552. The number of ether oxygens (including phenoxy) is 5. The highest BCUT2D eigenvalue weighted by atomic mass is 16.5. The molecule has 0 aliphatic heterocycles. The molecule has 1 aromatic rings. The summed E-state index contributed by atoms with van der Waals surface area (Å²) in [4.78, 5) is 4.65. The Hall–Kier alpha value is -1.87. The molecule has 0 heterocycles. The van der Waals surface area contributed by atoms with E-state index in [9.17, 15) is 0 Å². The number of guanidine groups is 1. The Balaban J connectivity index is 2.46. The van der Waals surface area contributed by atoms with Gasteiger partial charge in [0.15, 0.2) is 5.96 Å². The van der Waals surface area contributed by atoms with Crippen LogP contribution in [0, 0.1) is 0 Å². The van der Waals surface area contributed by atoms with Gasteiger partial charge in [0.25, 0.3) is 0 Å². The number of rotatable bonds is 17. The van der Waals surface area contributed by atoms with E-state index in [1.54, 1.807) is 14.2 Å². The molecule has 0 aliphatic carbocycles. The molecule has 0 saturated carbocycles. The van der Waals surface area contributed by atoms with E-state index < -0.39 is 0 Å². The summed E-state index contributed by atoms with van der Waals surface area (Å²) in [6.45, 7) is 9.25. The lowest BCUT2D eigenvalue weighted by atomic mass is 10.3. The van der Waals surface area contributed by atoms with Gasteiger partial charge in [-0.2, -0.15) is 0 Å². The number of nitrogens with zero attached hydrogens (tertiary/aromatic N) is 1. The molecule has 0 aliphatic rings. The summed E-state index contributed by atoms with van der Waals surface area (Å²) in [5.41, 5.74) is 0.949. The van der Waals surface area contributed by atoms with E-state index in [2.05, 4.69) is 15.6 Å². The van der Waals surface area contributed by atoms with Gasteiger partial charge in [0.2, 0.25) is 0 Å². The molecule has 0 radical (unpaired) electrons. The number of nitrogens with one attached hydrogen (secondary N) is 2. The first-order chi connectivity index (χ1) is 14.7. The van der Waals surface area contributed by atoms with Gasteiger partial charge in [-0.3, -0.25) is 4.99 Å². The highest BCUT2D eigenvalue weighted by Crippen LogP contribution is 2.16. The molecule has 0 atom stereocenters. The summed E-state index contributed by atoms with van der Waals surface area (Å²) in [5.74, 6) is 1.59. The Morgan fingerprint density at radius 3 is 2.10 bits per heavy atom. The highest BCUT2D eigenvalue weighted by Gasteiger charge is 2.02. The molecule has 0 aromatic heterocycles. The second-order valence-corrected chi connectivity index (χ2v) is 6.89. The molecule has 0 spiro atoms. The van der Waals surface area contributed by atoms with Crippen LogP contribution in [-0.4, -0.2) is 79.0 Å². The lowest BCUT2D eigenvalue weighted by Crippen LogP contribution is -2.32. The maximum Gasteiger partial charge on any atom is 0.195 e. The Kier molecular flexibility index (Phi) is 15.7. The lowest BCUT2D eigenvalue weighted by Gasteiger charge is -2.14. The average molecular weight is 426 g/mol. The number of methoxy groups -OCH3 is 2. The summed E-state index contributed by atoms with van der Waals surface area (Å²) < 4.78 is 26.6. The summed E-state index contributed by atoms with van der Waals surface area (Å²) in [7, 11) is 3.34. The second-order valence-electron chi connectivity index (χ2n) is 6.89. The monoisotopic (exact) mass is 425 g/mol. The van der Waals surface area contributed by atoms with E-state index in [4.69, 9.17) is 23.7 Å². The third-order valence-electron chi connectivity index (χ3n) is 3.83. The van der Waals surface area contributed by atoms with Crippen molar-refractivity contribution in [1.82, 2.24) is 5.32 Å². The quantitative estimate of drug-likeness (QED) is 0.226. The Morgan fingerprint density at radius 1 is 0.867 bits per heavy atom. The van der Waals surface area contributed by atoms with Gasteiger partial charge in [0, 0.05) is 46.2 Å². The van der Waals surface area contributed by atoms with E-state index in [0.29, 0.717) is 46.2 Å². The predicted molar refractivity (Wildman–Crippen MR) is 121 cm³/mol. The van der Waals surface area contributed by atoms with Crippen LogP contribution < -0.4 is 15.4 Å². The fourth-order valence-corrected chi connectivity index (χ4v) is 2.39. The van der Waals surface area contributed by atoms with Crippen LogP contribution in [-0.2, 0) is 18.9 Å². The molecule has 0 saturated heterocycles. The van der Waals surface area contributed by atoms with Crippen molar-refractivity contribution in [1.29, 1.82) is 0 Å². The first-order valence-corrected chi connectivity index (χ1v) is 10.6. The molecule has 8 nitrogen and oxygen atoms in total. The average Bonchev–Trinajstić information content (AvgIpc) is 2.73. The van der Waals surface area contributed by atoms with Crippen LogP contribution in [0.1, 0.15) is 26.7 Å². The molecule has 1 aromatic carbocycles. The highest BCUT2D eigenvalue weighted by molar-refractivity contribution is 5.93. The molecule has 8 heteroatoms. The molecule has 30 heavy (non-hydrogen) atoms. The van der Waals surface area contributed by atoms with Crippen molar-refractivity contribution in [3.63, 3.8) is 0 Å². The minimum atomic E-state index is 0.153. The molecule has 2 N–H and O–H groups in total. The molecular weight excluding hydrogens is 386 g/mol. The first-order valence-electron chi connectivity index (χ1n) is 10.6. The van der Waals surface area contributed by atoms with Gasteiger partial charge in [-0.25, -0.2) is 0 Å². The van der Waals surface area contributed by atoms with Crippen molar-refractivity contribution in [3.8, 4) is 5.75 Å². The van der Waals surface area contributed by atoms with Crippen LogP contribution in [0.2, 0.25) is 0 Å². The van der Waals surface area contributed by atoms with Crippen molar-refractivity contribution >= 4 is 11.6 Å². The largest absolute Gasteiger partial charge is 0.491 e. The third kappa shape index (κ3) is 14.2. The van der Waals surface area contributed by atoms with Crippen molar-refractivity contribution in [3.05, 3.63) is 24.3 Å². The van der Waals surface area contributed by atoms with Gasteiger partial charge in [0.05, 0.1) is 32.5 Å². The number of aliphatic imine (C=N–C) groups is 1. The minimum absolute atomic E-state index is 0.153. The maximum absolute atomic E-state index is 5.69. The van der Waals surface area contributed by atoms with Crippen molar-refractivity contribution < 1.29 is 23.7 Å². The zero-order chi connectivity index (χ0) is 21.9. The van der Waals surface area contributed by atoms with Crippen LogP contribution in [0.5, 0.6) is 5.75 Å². The molecule has 0 bridgehead atoms. The molecule has 0 amide bonds. The minimum Gasteiger partial charge on any atom is -0.491 e. The number of hydrogen-bond acceptors (Lipinski definition) is 6. The van der Waals surface area contributed by atoms with Crippen LogP contribution >= 0.6 is 0 Å². The van der Waals surface area contributed by atoms with Gasteiger partial charge in [-0.05, 0) is 51.0 Å². The van der Waals surface area contributed by atoms with Crippen LogP contribution in [0.3, 0.4) is 0 Å². The van der Waals surface area contributed by atoms with Crippen molar-refractivity contribution in [2.75, 3.05) is 72.3 Å². The molecule has 0 fully saturated rings. The van der Waals surface area contributed by atoms with Gasteiger partial charge < -0.3 is 34.3 Å². The summed E-state index contributed by atoms with van der Waals surface area (Å²) in [6.07, 6.45) is 1.88. The third-order valence-corrected chi connectivity index (χ3v) is 3.83. The van der Waals surface area contributed by atoms with Gasteiger partial charge >= 0.3 is 0 Å². The SMILES string of the molecule is COCCOCCCN=C(NCCCOCCOC)Nc1ccc(OC(C)C)cc1. The maximum atomic E-state index is 5.69. The molecule has 1 rings (SSSR count). The van der Waals surface area contributed by atoms with Gasteiger partial charge in [-0.1, -0.05) is 0 Å². The van der Waals surface area contributed by atoms with E-state index in [0.717, 1.165) is 36.8 Å². The Labute approximate surface area is 181 Å². The second kappa shape index (κ2) is 17.9. The molecular formula is C22H39N3O5. The predicted octanol–water partition coefficient (Wildman–Crippen LogP) is 2.94. The van der Waals surface area contributed by atoms with Gasteiger partial charge in [0.1, 0.15) is 5.75 Å². The number of anilines is 1. The van der Waals surface area contributed by atoms with Crippen LogP contribution in [0.25, 0.3) is 0 Å². The molecule has 172 valence electrons. The van der Waals surface area contributed by atoms with Crippen LogP contribution in [0.15, 0.2) is 29.3 Å². The van der Waals surface area contributed by atoms with Gasteiger partial charge in [-0.15, -0.1) is 0 Å². The fourth-order valence-electron chi connectivity index (χ4n) is 2.39. The van der Waals surface area contributed by atoms with E-state index in [1.165, 1.54) is 0 Å². The topological polar surface area (TPSA) is 82.6 Å². The molecule has 0 unspecified atom stereocenters. The standard InChI is InChI=1S/C22H39N3O5/c1-19(2)30-21-9-7-20(8-10-21)25-22(23-11-5-13-28-17-15-26-3)24-12-6-14-29-18-16-27-4/h7-10,19H,5-6,11-18H2,1-4H3,(H2,23,24,25). The Morgan fingerprint density at radius 2 is 1.50 bits per heavy atom. The van der Waals surface area contributed by atoms with E-state index in [-0.39, 0.29) is 6.10 Å². The number of hydrogen-bond donors (Lipinski definition) is 2. The van der Waals surface area contributed by atoms with E-state index >= 15 is 0 Å². The summed E-state index contributed by atoms with van der Waals surface area (Å²) in [5, 5.41) is 6.70. The smallest absolute Gasteiger partial charge is 0.195 e. The zero-order valence-corrected chi connectivity index (χ0v) is 18.9. The fraction of sp³-hybridized carbons (Fsp3) is 0.682. The normalized spacial score (nSPS) is 11.7. The van der Waals surface area contributed by atoms with Crippen molar-refractivity contribution in [2.45, 2.75) is 32.8 Å². The summed E-state index contributed by atoms with van der Waals surface area (Å²) in [6, 6.07) is 7.87.